The number of aryl methyl sites for hydroxylation is 2. The molecule has 23 heavy (non-hydrogen) atoms. The minimum atomic E-state index is 0.695. The summed E-state index contributed by atoms with van der Waals surface area (Å²) in [6.45, 7) is 9.77. The van der Waals surface area contributed by atoms with Gasteiger partial charge in [-0.1, -0.05) is 36.1 Å². The lowest BCUT2D eigenvalue weighted by Crippen LogP contribution is -2.32. The van der Waals surface area contributed by atoms with Gasteiger partial charge in [-0.15, -0.1) is 0 Å². The molecule has 0 aromatic heterocycles. The molecule has 0 amide bonds. The van der Waals surface area contributed by atoms with Crippen LogP contribution in [0, 0.1) is 6.92 Å². The van der Waals surface area contributed by atoms with E-state index in [-0.39, 0.29) is 0 Å². The SMILES string of the molecule is C=C=C(Oc1ccc2c(c1)CCC[N+]21CC1)c1cccc(C)c1. The average molecular weight is 304 g/mol. The maximum Gasteiger partial charge on any atom is 0.176 e. The van der Waals surface area contributed by atoms with Crippen LogP contribution in [0.3, 0.4) is 0 Å². The summed E-state index contributed by atoms with van der Waals surface area (Å²) in [5.74, 6) is 1.58. The van der Waals surface area contributed by atoms with Crippen LogP contribution in [0.25, 0.3) is 5.76 Å². The molecule has 0 N–H and O–H groups in total. The van der Waals surface area contributed by atoms with E-state index < -0.39 is 0 Å². The zero-order valence-corrected chi connectivity index (χ0v) is 13.6. The van der Waals surface area contributed by atoms with Gasteiger partial charge in [0.2, 0.25) is 0 Å². The van der Waals surface area contributed by atoms with Crippen molar-refractivity contribution in [2.24, 2.45) is 0 Å². The van der Waals surface area contributed by atoms with E-state index in [1.54, 1.807) is 0 Å². The molecule has 0 bridgehead atoms. The monoisotopic (exact) mass is 304 g/mol. The summed E-state index contributed by atoms with van der Waals surface area (Å²) in [4.78, 5) is 0. The van der Waals surface area contributed by atoms with Crippen molar-refractivity contribution in [1.29, 1.82) is 0 Å². The van der Waals surface area contributed by atoms with Gasteiger partial charge in [0.05, 0.1) is 6.54 Å². The van der Waals surface area contributed by atoms with Crippen LogP contribution in [0.4, 0.5) is 5.69 Å². The fourth-order valence-corrected chi connectivity index (χ4v) is 3.67. The zero-order valence-electron chi connectivity index (χ0n) is 13.6. The topological polar surface area (TPSA) is 9.23 Å². The first-order chi connectivity index (χ1) is 11.2. The first kappa shape index (κ1) is 14.3. The van der Waals surface area contributed by atoms with Gasteiger partial charge in [-0.2, -0.15) is 0 Å². The van der Waals surface area contributed by atoms with E-state index in [0.29, 0.717) is 5.76 Å². The Morgan fingerprint density at radius 1 is 1.13 bits per heavy atom. The largest absolute Gasteiger partial charge is 0.448 e. The molecule has 2 aliphatic heterocycles. The zero-order chi connectivity index (χ0) is 15.9. The van der Waals surface area contributed by atoms with Gasteiger partial charge in [-0.25, -0.2) is 0 Å². The summed E-state index contributed by atoms with van der Waals surface area (Å²) in [7, 11) is 0. The summed E-state index contributed by atoms with van der Waals surface area (Å²) >= 11 is 0. The first-order valence-corrected chi connectivity index (χ1v) is 8.35. The third-order valence-corrected chi connectivity index (χ3v) is 5.02. The molecule has 1 spiro atoms. The van der Waals surface area contributed by atoms with Crippen molar-refractivity contribution >= 4 is 11.4 Å². The van der Waals surface area contributed by atoms with Crippen molar-refractivity contribution in [3.8, 4) is 5.75 Å². The van der Waals surface area contributed by atoms with Crippen LogP contribution in [0.5, 0.6) is 5.75 Å². The third-order valence-electron chi connectivity index (χ3n) is 5.02. The van der Waals surface area contributed by atoms with Crippen LogP contribution in [0.1, 0.15) is 23.1 Å². The second-order valence-corrected chi connectivity index (χ2v) is 6.69. The molecule has 0 aliphatic carbocycles. The number of benzene rings is 2. The maximum atomic E-state index is 6.10. The van der Waals surface area contributed by atoms with Gasteiger partial charge in [-0.3, -0.25) is 4.48 Å². The quantitative estimate of drug-likeness (QED) is 0.352. The van der Waals surface area contributed by atoms with Gasteiger partial charge in [0.1, 0.15) is 24.5 Å². The number of nitrogens with zero attached hydrogens (tertiary/aromatic N) is 1. The van der Waals surface area contributed by atoms with Crippen molar-refractivity contribution < 1.29 is 4.74 Å². The molecule has 2 aliphatic rings. The molecule has 0 saturated carbocycles. The van der Waals surface area contributed by atoms with Crippen molar-refractivity contribution in [2.75, 3.05) is 19.6 Å². The van der Waals surface area contributed by atoms with Crippen molar-refractivity contribution in [3.05, 3.63) is 71.5 Å². The van der Waals surface area contributed by atoms with Crippen molar-refractivity contribution in [1.82, 2.24) is 4.48 Å². The van der Waals surface area contributed by atoms with Gasteiger partial charge in [0, 0.05) is 23.6 Å². The summed E-state index contributed by atoms with van der Waals surface area (Å²) < 4.78 is 7.29. The van der Waals surface area contributed by atoms with Crippen LogP contribution in [0.2, 0.25) is 0 Å². The smallest absolute Gasteiger partial charge is 0.176 e. The van der Waals surface area contributed by atoms with E-state index in [0.717, 1.165) is 17.7 Å². The van der Waals surface area contributed by atoms with E-state index in [1.807, 2.05) is 12.1 Å². The molecule has 2 nitrogen and oxygen atoms in total. The molecular formula is C21H22NO+. The number of fused-ring (bicyclic) bond motifs is 2. The molecule has 116 valence electrons. The Hall–Kier alpha value is -2.28. The average Bonchev–Trinajstić information content (AvgIpc) is 3.33. The van der Waals surface area contributed by atoms with Crippen LogP contribution < -0.4 is 9.22 Å². The lowest BCUT2D eigenvalue weighted by atomic mass is 10.0. The van der Waals surface area contributed by atoms with Crippen LogP contribution in [-0.2, 0) is 6.42 Å². The number of ether oxygens (including phenoxy) is 1. The molecule has 2 aromatic carbocycles. The fourth-order valence-electron chi connectivity index (χ4n) is 3.67. The van der Waals surface area contributed by atoms with Crippen LogP contribution in [0.15, 0.2) is 54.8 Å². The van der Waals surface area contributed by atoms with E-state index >= 15 is 0 Å². The maximum absolute atomic E-state index is 6.10. The normalized spacial score (nSPS) is 17.3. The fraction of sp³-hybridized carbons (Fsp3) is 0.286. The third kappa shape index (κ3) is 2.61. The highest BCUT2D eigenvalue weighted by Gasteiger charge is 2.47. The number of rotatable bonds is 3. The molecule has 1 saturated heterocycles. The predicted octanol–water partition coefficient (Wildman–Crippen LogP) is 4.47. The number of hydrogen-bond donors (Lipinski definition) is 0. The first-order valence-electron chi connectivity index (χ1n) is 8.35. The van der Waals surface area contributed by atoms with Crippen molar-refractivity contribution in [3.63, 3.8) is 0 Å². The highest BCUT2D eigenvalue weighted by Crippen LogP contribution is 2.41. The highest BCUT2D eigenvalue weighted by atomic mass is 16.5. The molecule has 0 unspecified atom stereocenters. The second-order valence-electron chi connectivity index (χ2n) is 6.69. The van der Waals surface area contributed by atoms with Gasteiger partial charge >= 0.3 is 0 Å². The van der Waals surface area contributed by atoms with Gasteiger partial charge in [0.25, 0.3) is 0 Å². The highest BCUT2D eigenvalue weighted by molar-refractivity contribution is 5.64. The minimum absolute atomic E-state index is 0.695. The summed E-state index contributed by atoms with van der Waals surface area (Å²) in [6, 6.07) is 14.8. The van der Waals surface area contributed by atoms with E-state index in [2.05, 4.69) is 49.6 Å². The molecule has 2 heteroatoms. The molecule has 2 aromatic rings. The second kappa shape index (κ2) is 5.42. The Bertz CT molecular complexity index is 810. The Kier molecular flexibility index (Phi) is 3.37. The summed E-state index contributed by atoms with van der Waals surface area (Å²) in [5.41, 5.74) is 8.12. The molecule has 4 rings (SSSR count). The molecule has 0 atom stereocenters. The van der Waals surface area contributed by atoms with E-state index in [9.17, 15) is 0 Å². The molecule has 0 radical (unpaired) electrons. The number of hydrogen-bond acceptors (Lipinski definition) is 1. The number of quaternary nitrogens is 1. The minimum Gasteiger partial charge on any atom is -0.448 e. The standard InChI is InChI=1S/C21H22NO/c1-3-21(18-7-4-6-16(2)14-18)23-19-9-10-20-17(15-19)8-5-11-22(20)12-13-22/h4,6-7,9-10,14-15H,1,5,8,11-13H2,2H3/q+1. The summed E-state index contributed by atoms with van der Waals surface area (Å²) in [6.07, 6.45) is 2.43. The Morgan fingerprint density at radius 2 is 2.00 bits per heavy atom. The lowest BCUT2D eigenvalue weighted by molar-refractivity contribution is 0.480. The Balaban J connectivity index is 1.63. The van der Waals surface area contributed by atoms with Crippen molar-refractivity contribution in [2.45, 2.75) is 19.8 Å². The predicted molar refractivity (Wildman–Crippen MR) is 95.5 cm³/mol. The van der Waals surface area contributed by atoms with E-state index in [4.69, 9.17) is 4.74 Å². The molecule has 1 fully saturated rings. The van der Waals surface area contributed by atoms with Crippen LogP contribution >= 0.6 is 0 Å². The lowest BCUT2D eigenvalue weighted by Gasteiger charge is -2.26. The van der Waals surface area contributed by atoms with Gasteiger partial charge < -0.3 is 4.74 Å². The summed E-state index contributed by atoms with van der Waals surface area (Å²) in [5, 5.41) is 0. The van der Waals surface area contributed by atoms with Crippen LogP contribution in [-0.4, -0.2) is 19.6 Å². The molecular weight excluding hydrogens is 282 g/mol. The van der Waals surface area contributed by atoms with Gasteiger partial charge in [0.15, 0.2) is 5.76 Å². The van der Waals surface area contributed by atoms with Gasteiger partial charge in [-0.05, 0) is 31.5 Å². The molecule has 2 heterocycles. The Labute approximate surface area is 137 Å². The van der Waals surface area contributed by atoms with E-state index in [1.165, 1.54) is 47.4 Å². The Morgan fingerprint density at radius 3 is 2.74 bits per heavy atom.